The van der Waals surface area contributed by atoms with Crippen molar-refractivity contribution in [2.45, 2.75) is 13.0 Å². The Morgan fingerprint density at radius 1 is 1.11 bits per heavy atom. The average Bonchev–Trinajstić information content (AvgIpc) is 2.39. The third-order valence-corrected chi connectivity index (χ3v) is 2.65. The first kappa shape index (κ1) is 12.5. The zero-order valence-corrected chi connectivity index (χ0v) is 10.7. The fourth-order valence-electron chi connectivity index (χ4n) is 1.81. The van der Waals surface area contributed by atoms with Crippen LogP contribution in [0.3, 0.4) is 0 Å². The van der Waals surface area contributed by atoms with Crippen molar-refractivity contribution in [2.24, 2.45) is 5.73 Å². The molecule has 4 heteroatoms. The number of benzene rings is 1. The van der Waals surface area contributed by atoms with Gasteiger partial charge in [0.15, 0.2) is 0 Å². The van der Waals surface area contributed by atoms with Gasteiger partial charge in [-0.1, -0.05) is 30.3 Å². The summed E-state index contributed by atoms with van der Waals surface area (Å²) in [4.78, 5) is 10.7. The molecule has 1 unspecified atom stereocenters. The van der Waals surface area contributed by atoms with Crippen LogP contribution < -0.4 is 10.6 Å². The van der Waals surface area contributed by atoms with Crippen LogP contribution in [0.25, 0.3) is 11.1 Å². The Bertz CT molecular complexity index is 479. The molecule has 0 saturated carbocycles. The highest BCUT2D eigenvalue weighted by Gasteiger charge is 2.06. The molecule has 0 bridgehead atoms. The number of aromatic nitrogens is 2. The number of nitrogens with zero attached hydrogens (tertiary/aromatic N) is 3. The smallest absolute Gasteiger partial charge is 0.225 e. The fraction of sp³-hybridized carbons (Fsp3) is 0.286. The van der Waals surface area contributed by atoms with Gasteiger partial charge >= 0.3 is 0 Å². The molecule has 0 fully saturated rings. The van der Waals surface area contributed by atoms with Crippen LogP contribution >= 0.6 is 0 Å². The number of nitrogens with two attached hydrogens (primary N) is 1. The predicted octanol–water partition coefficient (Wildman–Crippen LogP) is 1.93. The molecule has 2 N–H and O–H groups in total. The fourth-order valence-corrected chi connectivity index (χ4v) is 1.81. The van der Waals surface area contributed by atoms with E-state index in [1.54, 1.807) is 0 Å². The van der Waals surface area contributed by atoms with E-state index in [1.807, 2.05) is 61.6 Å². The molecule has 0 aliphatic heterocycles. The summed E-state index contributed by atoms with van der Waals surface area (Å²) in [7, 11) is 1.95. The lowest BCUT2D eigenvalue weighted by Crippen LogP contribution is -2.33. The minimum atomic E-state index is 0.104. The van der Waals surface area contributed by atoms with Gasteiger partial charge in [-0.25, -0.2) is 9.97 Å². The highest BCUT2D eigenvalue weighted by atomic mass is 15.2. The van der Waals surface area contributed by atoms with Gasteiger partial charge in [-0.15, -0.1) is 0 Å². The molecule has 2 rings (SSSR count). The van der Waals surface area contributed by atoms with E-state index >= 15 is 0 Å². The van der Waals surface area contributed by atoms with Crippen molar-refractivity contribution in [1.82, 2.24) is 9.97 Å². The third-order valence-electron chi connectivity index (χ3n) is 2.65. The van der Waals surface area contributed by atoms with Gasteiger partial charge in [-0.2, -0.15) is 0 Å². The standard InChI is InChI=1S/C14H18N4/c1-11(15)10-18(2)14-16-8-13(9-17-14)12-6-4-3-5-7-12/h3-9,11H,10,15H2,1-2H3. The van der Waals surface area contributed by atoms with Gasteiger partial charge in [0.05, 0.1) is 0 Å². The molecule has 1 aromatic carbocycles. The van der Waals surface area contributed by atoms with Crippen molar-refractivity contribution in [2.75, 3.05) is 18.5 Å². The molecule has 2 aromatic rings. The summed E-state index contributed by atoms with van der Waals surface area (Å²) in [6, 6.07) is 10.2. The Balaban J connectivity index is 2.15. The van der Waals surface area contributed by atoms with Crippen molar-refractivity contribution < 1.29 is 0 Å². The van der Waals surface area contributed by atoms with Crippen molar-refractivity contribution in [1.29, 1.82) is 0 Å². The van der Waals surface area contributed by atoms with Crippen LogP contribution in [0.2, 0.25) is 0 Å². The molecule has 0 amide bonds. The maximum atomic E-state index is 5.75. The van der Waals surface area contributed by atoms with Crippen LogP contribution in [0.15, 0.2) is 42.7 Å². The van der Waals surface area contributed by atoms with Crippen molar-refractivity contribution in [3.8, 4) is 11.1 Å². The Morgan fingerprint density at radius 3 is 2.28 bits per heavy atom. The van der Waals surface area contributed by atoms with Gasteiger partial charge in [-0.3, -0.25) is 0 Å². The summed E-state index contributed by atoms with van der Waals surface area (Å²) in [6.45, 7) is 2.71. The number of anilines is 1. The topological polar surface area (TPSA) is 55.0 Å². The summed E-state index contributed by atoms with van der Waals surface area (Å²) in [5.41, 5.74) is 7.90. The minimum Gasteiger partial charge on any atom is -0.342 e. The molecule has 0 saturated heterocycles. The minimum absolute atomic E-state index is 0.104. The SMILES string of the molecule is CC(N)CN(C)c1ncc(-c2ccccc2)cn1. The zero-order chi connectivity index (χ0) is 13.0. The van der Waals surface area contributed by atoms with Crippen LogP contribution in [0.5, 0.6) is 0 Å². The van der Waals surface area contributed by atoms with E-state index in [2.05, 4.69) is 9.97 Å². The van der Waals surface area contributed by atoms with E-state index in [9.17, 15) is 0 Å². The van der Waals surface area contributed by atoms with E-state index in [1.165, 1.54) is 0 Å². The number of likely N-dealkylation sites (N-methyl/N-ethyl adjacent to an activating group) is 1. The van der Waals surface area contributed by atoms with Gasteiger partial charge in [0.1, 0.15) is 0 Å². The molecule has 1 aromatic heterocycles. The molecule has 0 aliphatic carbocycles. The molecular formula is C14H18N4. The van der Waals surface area contributed by atoms with Gasteiger partial charge in [0.2, 0.25) is 5.95 Å². The van der Waals surface area contributed by atoms with Crippen molar-refractivity contribution >= 4 is 5.95 Å². The highest BCUT2D eigenvalue weighted by molar-refractivity contribution is 5.61. The van der Waals surface area contributed by atoms with E-state index in [-0.39, 0.29) is 6.04 Å². The number of hydrogen-bond donors (Lipinski definition) is 1. The second kappa shape index (κ2) is 5.60. The normalized spacial score (nSPS) is 12.2. The average molecular weight is 242 g/mol. The van der Waals surface area contributed by atoms with Crippen LogP contribution in [0.1, 0.15) is 6.92 Å². The highest BCUT2D eigenvalue weighted by Crippen LogP contribution is 2.17. The predicted molar refractivity (Wildman–Crippen MR) is 74.4 cm³/mol. The zero-order valence-electron chi connectivity index (χ0n) is 10.7. The quantitative estimate of drug-likeness (QED) is 0.890. The maximum Gasteiger partial charge on any atom is 0.225 e. The Kier molecular flexibility index (Phi) is 3.89. The van der Waals surface area contributed by atoms with Gasteiger partial charge in [0, 0.05) is 37.6 Å². The third kappa shape index (κ3) is 3.05. The number of rotatable bonds is 4. The van der Waals surface area contributed by atoms with E-state index < -0.39 is 0 Å². The second-order valence-electron chi connectivity index (χ2n) is 4.50. The lowest BCUT2D eigenvalue weighted by atomic mass is 10.1. The molecular weight excluding hydrogens is 224 g/mol. The summed E-state index contributed by atoms with van der Waals surface area (Å²) in [6.07, 6.45) is 3.69. The Hall–Kier alpha value is -1.94. The first-order valence-electron chi connectivity index (χ1n) is 6.01. The summed E-state index contributed by atoms with van der Waals surface area (Å²) >= 11 is 0. The van der Waals surface area contributed by atoms with Gasteiger partial charge in [-0.05, 0) is 12.5 Å². The van der Waals surface area contributed by atoms with E-state index in [4.69, 9.17) is 5.73 Å². The molecule has 94 valence electrons. The first-order valence-corrected chi connectivity index (χ1v) is 6.01. The van der Waals surface area contributed by atoms with Crippen LogP contribution in [0.4, 0.5) is 5.95 Å². The van der Waals surface area contributed by atoms with E-state index in [0.29, 0.717) is 5.95 Å². The van der Waals surface area contributed by atoms with E-state index in [0.717, 1.165) is 17.7 Å². The number of hydrogen-bond acceptors (Lipinski definition) is 4. The van der Waals surface area contributed by atoms with Crippen LogP contribution in [-0.4, -0.2) is 29.6 Å². The molecule has 0 radical (unpaired) electrons. The first-order chi connectivity index (χ1) is 8.66. The Morgan fingerprint density at radius 2 is 1.72 bits per heavy atom. The molecule has 0 spiro atoms. The maximum absolute atomic E-state index is 5.75. The molecule has 18 heavy (non-hydrogen) atoms. The molecule has 4 nitrogen and oxygen atoms in total. The molecule has 1 heterocycles. The molecule has 1 atom stereocenters. The lowest BCUT2D eigenvalue weighted by Gasteiger charge is -2.18. The summed E-state index contributed by atoms with van der Waals surface area (Å²) < 4.78 is 0. The largest absolute Gasteiger partial charge is 0.342 e. The van der Waals surface area contributed by atoms with Gasteiger partial charge < -0.3 is 10.6 Å². The van der Waals surface area contributed by atoms with Crippen LogP contribution in [0, 0.1) is 0 Å². The molecule has 0 aliphatic rings. The summed E-state index contributed by atoms with van der Waals surface area (Å²) in [5.74, 6) is 0.701. The Labute approximate surface area is 107 Å². The second-order valence-corrected chi connectivity index (χ2v) is 4.50. The van der Waals surface area contributed by atoms with Crippen LogP contribution in [-0.2, 0) is 0 Å². The van der Waals surface area contributed by atoms with Crippen molar-refractivity contribution in [3.05, 3.63) is 42.7 Å². The summed E-state index contributed by atoms with van der Waals surface area (Å²) in [5, 5.41) is 0. The lowest BCUT2D eigenvalue weighted by molar-refractivity contribution is 0.704. The van der Waals surface area contributed by atoms with Gasteiger partial charge in [0.25, 0.3) is 0 Å². The monoisotopic (exact) mass is 242 g/mol. The van der Waals surface area contributed by atoms with Crippen molar-refractivity contribution in [3.63, 3.8) is 0 Å².